The molecule has 0 fully saturated rings. The highest BCUT2D eigenvalue weighted by Crippen LogP contribution is 2.28. The van der Waals surface area contributed by atoms with Gasteiger partial charge in [-0.3, -0.25) is 4.79 Å². The second kappa shape index (κ2) is 6.28. The van der Waals surface area contributed by atoms with E-state index in [1.165, 1.54) is 0 Å². The fourth-order valence-corrected chi connectivity index (χ4v) is 2.26. The van der Waals surface area contributed by atoms with Crippen molar-refractivity contribution in [2.75, 3.05) is 6.61 Å². The van der Waals surface area contributed by atoms with Crippen LogP contribution < -0.4 is 4.74 Å². The highest BCUT2D eigenvalue weighted by Gasteiger charge is 2.05. The van der Waals surface area contributed by atoms with Crippen LogP contribution in [0, 0.1) is 0 Å². The maximum Gasteiger partial charge on any atom is 0.170 e. The zero-order valence-electron chi connectivity index (χ0n) is 8.43. The molecule has 0 saturated heterocycles. The van der Waals surface area contributed by atoms with E-state index in [4.69, 9.17) is 4.74 Å². The van der Waals surface area contributed by atoms with Gasteiger partial charge in [0.1, 0.15) is 12.4 Å². The molecule has 0 aliphatic rings. The summed E-state index contributed by atoms with van der Waals surface area (Å²) in [5.41, 5.74) is 0. The van der Waals surface area contributed by atoms with Gasteiger partial charge in [0.2, 0.25) is 0 Å². The summed E-state index contributed by atoms with van der Waals surface area (Å²) in [6.07, 6.45) is 1.44. The van der Waals surface area contributed by atoms with Gasteiger partial charge in [0, 0.05) is 10.9 Å². The van der Waals surface area contributed by atoms with Crippen molar-refractivity contribution in [1.82, 2.24) is 0 Å². The Hall–Kier alpha value is -0.350. The number of ketones is 1. The molecule has 4 heteroatoms. The van der Waals surface area contributed by atoms with Crippen LogP contribution in [0.5, 0.6) is 5.75 Å². The van der Waals surface area contributed by atoms with Gasteiger partial charge in [0.15, 0.2) is 5.78 Å². The van der Waals surface area contributed by atoms with E-state index >= 15 is 0 Å². The predicted molar refractivity (Wildman–Crippen MR) is 67.3 cm³/mol. The third-order valence-electron chi connectivity index (χ3n) is 1.81. The number of carbonyl (C=O) groups is 1. The number of halogens is 2. The Balaban J connectivity index is 2.54. The Morgan fingerprint density at radius 3 is 2.73 bits per heavy atom. The van der Waals surface area contributed by atoms with E-state index in [2.05, 4.69) is 31.9 Å². The Morgan fingerprint density at radius 2 is 2.13 bits per heavy atom. The molecule has 0 spiro atoms. The van der Waals surface area contributed by atoms with Crippen molar-refractivity contribution in [3.05, 3.63) is 27.1 Å². The first-order valence-electron chi connectivity index (χ1n) is 4.73. The fraction of sp³-hybridized carbons (Fsp3) is 0.364. The van der Waals surface area contributed by atoms with E-state index in [1.807, 2.05) is 25.1 Å². The maximum atomic E-state index is 11.2. The van der Waals surface area contributed by atoms with E-state index in [1.54, 1.807) is 0 Å². The van der Waals surface area contributed by atoms with E-state index in [0.717, 1.165) is 15.4 Å². The van der Waals surface area contributed by atoms with E-state index in [-0.39, 0.29) is 12.4 Å². The quantitative estimate of drug-likeness (QED) is 0.814. The normalized spacial score (nSPS) is 10.1. The topological polar surface area (TPSA) is 26.3 Å². The largest absolute Gasteiger partial charge is 0.485 e. The van der Waals surface area contributed by atoms with Crippen molar-refractivity contribution in [2.24, 2.45) is 0 Å². The molecule has 0 unspecified atom stereocenters. The van der Waals surface area contributed by atoms with Crippen LogP contribution in [-0.4, -0.2) is 12.4 Å². The summed E-state index contributed by atoms with van der Waals surface area (Å²) in [7, 11) is 0. The molecular formula is C11H12Br2O2. The number of carbonyl (C=O) groups excluding carboxylic acids is 1. The summed E-state index contributed by atoms with van der Waals surface area (Å²) in [5.74, 6) is 0.829. The fourth-order valence-electron chi connectivity index (χ4n) is 1.10. The molecule has 1 aromatic rings. The van der Waals surface area contributed by atoms with Crippen molar-refractivity contribution in [1.29, 1.82) is 0 Å². The Morgan fingerprint density at radius 1 is 1.40 bits per heavy atom. The molecule has 1 rings (SSSR count). The predicted octanol–water partition coefficient (Wildman–Crippen LogP) is 3.96. The molecule has 0 aliphatic heterocycles. The number of hydrogen-bond donors (Lipinski definition) is 0. The second-order valence-corrected chi connectivity index (χ2v) is 4.92. The molecule has 0 N–H and O–H groups in total. The molecule has 82 valence electrons. The molecule has 0 bridgehead atoms. The molecule has 0 aromatic heterocycles. The van der Waals surface area contributed by atoms with Crippen LogP contribution in [-0.2, 0) is 4.79 Å². The van der Waals surface area contributed by atoms with Crippen molar-refractivity contribution < 1.29 is 9.53 Å². The molecular weight excluding hydrogens is 324 g/mol. The van der Waals surface area contributed by atoms with Gasteiger partial charge in [0.05, 0.1) is 4.47 Å². The van der Waals surface area contributed by atoms with E-state index in [0.29, 0.717) is 12.2 Å². The molecule has 2 nitrogen and oxygen atoms in total. The number of rotatable bonds is 5. The van der Waals surface area contributed by atoms with Crippen molar-refractivity contribution in [3.63, 3.8) is 0 Å². The summed E-state index contributed by atoms with van der Waals surface area (Å²) in [4.78, 5) is 11.2. The standard InChI is InChI=1S/C11H12Br2O2/c1-2-3-9(14)7-15-11-5-4-8(12)6-10(11)13/h4-6H,2-3,7H2,1H3. The van der Waals surface area contributed by atoms with Crippen LogP contribution in [0.1, 0.15) is 19.8 Å². The number of ether oxygens (including phenoxy) is 1. The molecule has 0 saturated carbocycles. The van der Waals surface area contributed by atoms with Crippen LogP contribution in [0.4, 0.5) is 0 Å². The minimum Gasteiger partial charge on any atom is -0.485 e. The van der Waals surface area contributed by atoms with Gasteiger partial charge in [-0.1, -0.05) is 22.9 Å². The van der Waals surface area contributed by atoms with Gasteiger partial charge < -0.3 is 4.74 Å². The summed E-state index contributed by atoms with van der Waals surface area (Å²) >= 11 is 6.72. The molecule has 0 radical (unpaired) electrons. The maximum absolute atomic E-state index is 11.2. The monoisotopic (exact) mass is 334 g/mol. The number of Topliss-reactive ketones (excluding diaryl/α,β-unsaturated/α-hetero) is 1. The van der Waals surface area contributed by atoms with Crippen LogP contribution >= 0.6 is 31.9 Å². The van der Waals surface area contributed by atoms with Gasteiger partial charge in [-0.25, -0.2) is 0 Å². The van der Waals surface area contributed by atoms with Crippen LogP contribution in [0.15, 0.2) is 27.1 Å². The Labute approximate surface area is 106 Å². The van der Waals surface area contributed by atoms with Gasteiger partial charge in [-0.2, -0.15) is 0 Å². The molecule has 0 atom stereocenters. The summed E-state index contributed by atoms with van der Waals surface area (Å²) in [6, 6.07) is 5.59. The Bertz CT molecular complexity index is 350. The zero-order valence-corrected chi connectivity index (χ0v) is 11.6. The van der Waals surface area contributed by atoms with Crippen molar-refractivity contribution in [3.8, 4) is 5.75 Å². The first-order valence-corrected chi connectivity index (χ1v) is 6.31. The van der Waals surface area contributed by atoms with E-state index in [9.17, 15) is 4.79 Å². The van der Waals surface area contributed by atoms with Gasteiger partial charge in [-0.15, -0.1) is 0 Å². The summed E-state index contributed by atoms with van der Waals surface area (Å²) < 4.78 is 7.21. The highest BCUT2D eigenvalue weighted by atomic mass is 79.9. The summed E-state index contributed by atoms with van der Waals surface area (Å²) in [5, 5.41) is 0. The van der Waals surface area contributed by atoms with Crippen molar-refractivity contribution >= 4 is 37.6 Å². The third-order valence-corrected chi connectivity index (χ3v) is 2.92. The lowest BCUT2D eigenvalue weighted by molar-refractivity contribution is -0.121. The smallest absolute Gasteiger partial charge is 0.170 e. The lowest BCUT2D eigenvalue weighted by Crippen LogP contribution is -2.10. The Kier molecular flexibility index (Phi) is 5.32. The van der Waals surface area contributed by atoms with Crippen LogP contribution in [0.25, 0.3) is 0 Å². The van der Waals surface area contributed by atoms with Gasteiger partial charge in [0.25, 0.3) is 0 Å². The van der Waals surface area contributed by atoms with Crippen molar-refractivity contribution in [2.45, 2.75) is 19.8 Å². The average molecular weight is 336 g/mol. The molecule has 0 amide bonds. The second-order valence-electron chi connectivity index (χ2n) is 3.15. The lowest BCUT2D eigenvalue weighted by Gasteiger charge is -2.07. The summed E-state index contributed by atoms with van der Waals surface area (Å²) in [6.45, 7) is 2.13. The number of benzene rings is 1. The molecule has 0 aliphatic carbocycles. The zero-order chi connectivity index (χ0) is 11.3. The minimum atomic E-state index is 0.132. The third kappa shape index (κ3) is 4.34. The lowest BCUT2D eigenvalue weighted by atomic mass is 10.2. The molecule has 0 heterocycles. The first-order chi connectivity index (χ1) is 7.13. The van der Waals surface area contributed by atoms with E-state index < -0.39 is 0 Å². The van der Waals surface area contributed by atoms with Crippen LogP contribution in [0.3, 0.4) is 0 Å². The molecule has 1 aromatic carbocycles. The first kappa shape index (κ1) is 12.7. The highest BCUT2D eigenvalue weighted by molar-refractivity contribution is 9.11. The van der Waals surface area contributed by atoms with Gasteiger partial charge >= 0.3 is 0 Å². The average Bonchev–Trinajstić information content (AvgIpc) is 2.17. The van der Waals surface area contributed by atoms with Crippen LogP contribution in [0.2, 0.25) is 0 Å². The SMILES string of the molecule is CCCC(=O)COc1ccc(Br)cc1Br. The van der Waals surface area contributed by atoms with Gasteiger partial charge in [-0.05, 0) is 40.5 Å². The number of hydrogen-bond acceptors (Lipinski definition) is 2. The minimum absolute atomic E-state index is 0.132. The molecule has 15 heavy (non-hydrogen) atoms.